The third-order valence-electron chi connectivity index (χ3n) is 3.52. The summed E-state index contributed by atoms with van der Waals surface area (Å²) in [4.78, 5) is 35.5. The maximum Gasteiger partial charge on any atom is 0.412 e. The van der Waals surface area contributed by atoms with Crippen LogP contribution < -0.4 is 15.2 Å². The molecule has 172 valence electrons. The van der Waals surface area contributed by atoms with Gasteiger partial charge in [0.15, 0.2) is 11.6 Å². The average molecular weight is 680 g/mol. The molecular weight excluding hydrogens is 668 g/mol. The zero-order chi connectivity index (χ0) is 24.5. The molecule has 13 heteroatoms. The molecule has 2 aromatic rings. The SMILES string of the molecule is CC(C)(C)OC(=O)Nc1c(I)cc(I)cc1C(=O)Oc1c(F)c(F)c(C(=O)[O-])c(F)c1F. The summed E-state index contributed by atoms with van der Waals surface area (Å²) < 4.78 is 66.4. The first-order chi connectivity index (χ1) is 14.6. The summed E-state index contributed by atoms with van der Waals surface area (Å²) in [6.45, 7) is 4.77. The molecule has 0 radical (unpaired) electrons. The minimum atomic E-state index is -2.51. The number of amides is 1. The Hall–Kier alpha value is -2.17. The van der Waals surface area contributed by atoms with Gasteiger partial charge in [-0.3, -0.25) is 5.32 Å². The van der Waals surface area contributed by atoms with E-state index in [4.69, 9.17) is 4.74 Å². The zero-order valence-corrected chi connectivity index (χ0v) is 20.7. The standard InChI is InChI=1S/C19H13F4I2NO6/c1-19(2,3)32-18(30)26-14-7(4-6(24)5-8(14)25)17(29)31-15-12(22)10(20)9(16(27)28)11(21)13(15)23/h4-5H,1-3H3,(H,26,30)(H,27,28)/p-1. The molecule has 0 aliphatic carbocycles. The number of ether oxygens (including phenoxy) is 2. The Bertz CT molecular complexity index is 1110. The van der Waals surface area contributed by atoms with Crippen molar-refractivity contribution >= 4 is 68.9 Å². The number of esters is 1. The number of nitrogens with one attached hydrogen (secondary N) is 1. The molecule has 0 spiro atoms. The summed E-state index contributed by atoms with van der Waals surface area (Å²) in [5, 5.41) is 13.0. The highest BCUT2D eigenvalue weighted by Crippen LogP contribution is 2.32. The van der Waals surface area contributed by atoms with Gasteiger partial charge in [0.25, 0.3) is 0 Å². The van der Waals surface area contributed by atoms with Crippen molar-refractivity contribution in [2.45, 2.75) is 26.4 Å². The Morgan fingerprint density at radius 2 is 1.50 bits per heavy atom. The first kappa shape index (κ1) is 26.1. The van der Waals surface area contributed by atoms with Crippen LogP contribution in [0, 0.1) is 30.4 Å². The van der Waals surface area contributed by atoms with E-state index in [1.165, 1.54) is 6.07 Å². The van der Waals surface area contributed by atoms with E-state index >= 15 is 0 Å². The number of carbonyl (C=O) groups excluding carboxylic acids is 3. The number of aromatic carboxylic acids is 1. The monoisotopic (exact) mass is 680 g/mol. The Morgan fingerprint density at radius 1 is 0.969 bits per heavy atom. The van der Waals surface area contributed by atoms with Gasteiger partial charge in [0.1, 0.15) is 5.60 Å². The van der Waals surface area contributed by atoms with Gasteiger partial charge >= 0.3 is 12.1 Å². The van der Waals surface area contributed by atoms with Crippen molar-refractivity contribution in [2.24, 2.45) is 0 Å². The molecule has 0 saturated heterocycles. The normalized spacial score (nSPS) is 11.2. The van der Waals surface area contributed by atoms with E-state index in [9.17, 15) is 37.1 Å². The van der Waals surface area contributed by atoms with Crippen LogP contribution in [0.1, 0.15) is 41.5 Å². The number of carbonyl (C=O) groups is 3. The van der Waals surface area contributed by atoms with Gasteiger partial charge in [0.05, 0.1) is 22.8 Å². The fourth-order valence-corrected chi connectivity index (χ4v) is 4.27. The second-order valence-corrected chi connectivity index (χ2v) is 9.48. The highest BCUT2D eigenvalue weighted by molar-refractivity contribution is 14.1. The Balaban J connectivity index is 2.51. The fraction of sp³-hybridized carbons (Fsp3) is 0.211. The molecule has 0 atom stereocenters. The van der Waals surface area contributed by atoms with Crippen LogP contribution >= 0.6 is 45.2 Å². The first-order valence-corrected chi connectivity index (χ1v) is 10.6. The van der Waals surface area contributed by atoms with Gasteiger partial charge in [-0.25, -0.2) is 18.4 Å². The lowest BCUT2D eigenvalue weighted by Gasteiger charge is -2.21. The maximum absolute atomic E-state index is 14.2. The molecule has 0 aliphatic heterocycles. The van der Waals surface area contributed by atoms with Gasteiger partial charge in [-0.15, -0.1) is 0 Å². The number of anilines is 1. The van der Waals surface area contributed by atoms with E-state index in [1.54, 1.807) is 72.0 Å². The first-order valence-electron chi connectivity index (χ1n) is 8.42. The minimum Gasteiger partial charge on any atom is -0.545 e. The van der Waals surface area contributed by atoms with E-state index < -0.39 is 63.8 Å². The van der Waals surface area contributed by atoms with Gasteiger partial charge in [-0.2, -0.15) is 8.78 Å². The van der Waals surface area contributed by atoms with Crippen molar-refractivity contribution in [2.75, 3.05) is 5.32 Å². The van der Waals surface area contributed by atoms with Crippen molar-refractivity contribution in [1.82, 2.24) is 0 Å². The summed E-state index contributed by atoms with van der Waals surface area (Å²) in [5.74, 6) is -14.9. The Morgan fingerprint density at radius 3 is 1.97 bits per heavy atom. The van der Waals surface area contributed by atoms with Gasteiger partial charge in [-0.05, 0) is 78.1 Å². The van der Waals surface area contributed by atoms with Crippen molar-refractivity contribution < 1.29 is 46.5 Å². The third kappa shape index (κ3) is 5.79. The van der Waals surface area contributed by atoms with Crippen LogP contribution in [0.15, 0.2) is 12.1 Å². The maximum atomic E-state index is 14.2. The average Bonchev–Trinajstić information content (AvgIpc) is 2.63. The summed E-state index contributed by atoms with van der Waals surface area (Å²) in [7, 11) is 0. The molecular formula is C19H12F4I2NO6-. The molecule has 7 nitrogen and oxygen atoms in total. The molecule has 1 amide bonds. The van der Waals surface area contributed by atoms with Crippen molar-refractivity contribution in [3.8, 4) is 5.75 Å². The molecule has 1 N–H and O–H groups in total. The van der Waals surface area contributed by atoms with Crippen LogP contribution in [0.5, 0.6) is 5.75 Å². The lowest BCUT2D eigenvalue weighted by atomic mass is 10.1. The fourth-order valence-electron chi connectivity index (χ4n) is 2.30. The number of carboxylic acids is 1. The molecule has 0 fully saturated rings. The molecule has 32 heavy (non-hydrogen) atoms. The largest absolute Gasteiger partial charge is 0.545 e. The predicted molar refractivity (Wildman–Crippen MR) is 117 cm³/mol. The van der Waals surface area contributed by atoms with Crippen molar-refractivity contribution in [3.05, 3.63) is 53.7 Å². The quantitative estimate of drug-likeness (QED) is 0.169. The molecule has 0 bridgehead atoms. The number of hydrogen-bond donors (Lipinski definition) is 1. The van der Waals surface area contributed by atoms with Crippen LogP contribution in [-0.2, 0) is 4.74 Å². The number of carboxylic acid groups (broad SMARTS) is 1. The number of halogens is 6. The number of hydrogen-bond acceptors (Lipinski definition) is 6. The molecule has 2 aromatic carbocycles. The highest BCUT2D eigenvalue weighted by Gasteiger charge is 2.30. The number of rotatable bonds is 4. The van der Waals surface area contributed by atoms with Gasteiger partial charge < -0.3 is 19.4 Å². The smallest absolute Gasteiger partial charge is 0.412 e. The van der Waals surface area contributed by atoms with E-state index in [0.29, 0.717) is 7.14 Å². The van der Waals surface area contributed by atoms with Crippen LogP contribution in [0.3, 0.4) is 0 Å². The summed E-state index contributed by atoms with van der Waals surface area (Å²) >= 11 is 3.57. The third-order valence-corrected chi connectivity index (χ3v) is 5.00. The molecule has 2 rings (SSSR count). The van der Waals surface area contributed by atoms with Crippen molar-refractivity contribution in [1.29, 1.82) is 0 Å². The zero-order valence-electron chi connectivity index (χ0n) is 16.4. The molecule has 0 saturated carbocycles. The Labute approximate surface area is 205 Å². The topological polar surface area (TPSA) is 105 Å². The van der Waals surface area contributed by atoms with E-state index in [0.717, 1.165) is 0 Å². The summed E-state index contributed by atoms with van der Waals surface area (Å²) in [5.41, 5.74) is -3.45. The van der Waals surface area contributed by atoms with Crippen LogP contribution in [0.4, 0.5) is 28.0 Å². The number of benzene rings is 2. The lowest BCUT2D eigenvalue weighted by Crippen LogP contribution is -2.28. The molecule has 0 aliphatic rings. The molecule has 0 aromatic heterocycles. The van der Waals surface area contributed by atoms with Gasteiger partial charge in [0, 0.05) is 7.14 Å². The van der Waals surface area contributed by atoms with E-state index in [2.05, 4.69) is 10.1 Å². The van der Waals surface area contributed by atoms with Gasteiger partial charge in [-0.1, -0.05) is 0 Å². The highest BCUT2D eigenvalue weighted by atomic mass is 127. The van der Waals surface area contributed by atoms with Gasteiger partial charge in [0.2, 0.25) is 17.4 Å². The molecule has 0 heterocycles. The predicted octanol–water partition coefficient (Wildman–Crippen LogP) is 4.38. The summed E-state index contributed by atoms with van der Waals surface area (Å²) in [6, 6.07) is 2.72. The van der Waals surface area contributed by atoms with Crippen LogP contribution in [0.2, 0.25) is 0 Å². The lowest BCUT2D eigenvalue weighted by molar-refractivity contribution is -0.255. The van der Waals surface area contributed by atoms with E-state index in [-0.39, 0.29) is 5.69 Å². The minimum absolute atomic E-state index is 0.154. The van der Waals surface area contributed by atoms with Crippen molar-refractivity contribution in [3.63, 3.8) is 0 Å². The van der Waals surface area contributed by atoms with E-state index in [1.807, 2.05) is 0 Å². The molecule has 0 unspecified atom stereocenters. The Kier molecular flexibility index (Phi) is 7.96. The summed E-state index contributed by atoms with van der Waals surface area (Å²) in [6.07, 6.45) is -0.960. The van der Waals surface area contributed by atoms with Crippen LogP contribution in [0.25, 0.3) is 0 Å². The second kappa shape index (κ2) is 9.76. The van der Waals surface area contributed by atoms with Crippen LogP contribution in [-0.4, -0.2) is 23.6 Å². The second-order valence-electron chi connectivity index (χ2n) is 7.07.